The van der Waals surface area contributed by atoms with E-state index in [1.54, 1.807) is 0 Å². The van der Waals surface area contributed by atoms with E-state index in [4.69, 9.17) is 0 Å². The summed E-state index contributed by atoms with van der Waals surface area (Å²) in [5.41, 5.74) is -1.30. The smallest absolute Gasteiger partial charge is 0.320 e. The van der Waals surface area contributed by atoms with E-state index >= 15 is 0 Å². The van der Waals surface area contributed by atoms with Crippen LogP contribution in [-0.2, 0) is 13.1 Å². The van der Waals surface area contributed by atoms with Crippen LogP contribution in [0.2, 0.25) is 0 Å². The fourth-order valence-electron chi connectivity index (χ4n) is 1.90. The molecule has 0 saturated carbocycles. The Morgan fingerprint density at radius 1 is 1.20 bits per heavy atom. The molecule has 0 aliphatic heterocycles. The molecule has 0 spiro atoms. The summed E-state index contributed by atoms with van der Waals surface area (Å²) in [7, 11) is 0. The fraction of sp³-hybridized carbons (Fsp3) is 0.308. The Morgan fingerprint density at radius 2 is 1.88 bits per heavy atom. The number of nitrogens with zero attached hydrogens (tertiary/aromatic N) is 2. The number of thiazole rings is 1. The Kier molecular flexibility index (Phi) is 5.40. The van der Waals surface area contributed by atoms with E-state index < -0.39 is 48.1 Å². The number of amides is 1. The first-order valence-corrected chi connectivity index (χ1v) is 7.46. The van der Waals surface area contributed by atoms with Gasteiger partial charge >= 0.3 is 11.0 Å². The minimum absolute atomic E-state index is 0.209. The lowest BCUT2D eigenvalue weighted by atomic mass is 10.3. The lowest BCUT2D eigenvalue weighted by molar-refractivity contribution is -0.140. The molecular weight excluding hydrogens is 373 g/mol. The van der Waals surface area contributed by atoms with Crippen molar-refractivity contribution in [2.45, 2.75) is 19.3 Å². The molecule has 12 heteroatoms. The van der Waals surface area contributed by atoms with E-state index in [-0.39, 0.29) is 21.9 Å². The summed E-state index contributed by atoms with van der Waals surface area (Å²) < 4.78 is 63.8. The van der Waals surface area contributed by atoms with E-state index in [2.05, 4.69) is 5.32 Å². The van der Waals surface area contributed by atoms with Gasteiger partial charge in [0, 0.05) is 18.5 Å². The molecule has 25 heavy (non-hydrogen) atoms. The van der Waals surface area contributed by atoms with Gasteiger partial charge in [0.2, 0.25) is 0 Å². The second kappa shape index (κ2) is 7.17. The Bertz CT molecular complexity index is 900. The average molecular weight is 383 g/mol. The first-order chi connectivity index (χ1) is 11.6. The van der Waals surface area contributed by atoms with Gasteiger partial charge in [0.25, 0.3) is 11.5 Å². The maximum Gasteiger partial charge on any atom is 0.406 e. The number of carbonyl (C=O) groups excluding carboxylic acids is 1. The fourth-order valence-corrected chi connectivity index (χ4v) is 2.65. The zero-order valence-electron chi connectivity index (χ0n) is 12.3. The number of hydrogen-bond acceptors (Lipinski definition) is 4. The lowest BCUT2D eigenvalue weighted by Crippen LogP contribution is -2.25. The van der Waals surface area contributed by atoms with Crippen LogP contribution in [0.3, 0.4) is 0 Å². The van der Waals surface area contributed by atoms with Crippen LogP contribution in [0.1, 0.15) is 9.67 Å². The van der Waals surface area contributed by atoms with Gasteiger partial charge in [-0.05, 0) is 0 Å². The Balaban J connectivity index is 2.24. The lowest BCUT2D eigenvalue weighted by Gasteiger charge is -2.08. The number of hydrogen-bond donors (Lipinski definition) is 1. The van der Waals surface area contributed by atoms with E-state index in [0.717, 1.165) is 12.4 Å². The van der Waals surface area contributed by atoms with Crippen molar-refractivity contribution >= 4 is 22.9 Å². The van der Waals surface area contributed by atoms with Crippen LogP contribution >= 0.6 is 11.3 Å². The molecule has 0 aromatic carbocycles. The van der Waals surface area contributed by atoms with Crippen molar-refractivity contribution < 1.29 is 26.7 Å². The summed E-state index contributed by atoms with van der Waals surface area (Å²) in [5.74, 6) is -2.21. The summed E-state index contributed by atoms with van der Waals surface area (Å²) in [6.07, 6.45) is -2.92. The molecule has 2 aromatic heterocycles. The minimum Gasteiger partial charge on any atom is -0.320 e. The predicted molar refractivity (Wildman–Crippen MR) is 79.2 cm³/mol. The molecule has 2 aromatic rings. The number of aryl methyl sites for hydroxylation is 1. The second-order valence-corrected chi connectivity index (χ2v) is 5.82. The van der Waals surface area contributed by atoms with Gasteiger partial charge in [-0.2, -0.15) is 13.2 Å². The minimum atomic E-state index is -4.64. The normalized spacial score (nSPS) is 11.6. The number of carbonyl (C=O) groups is 1. The second-order valence-electron chi connectivity index (χ2n) is 4.82. The summed E-state index contributed by atoms with van der Waals surface area (Å²) in [6.45, 7) is -2.93. The van der Waals surface area contributed by atoms with E-state index in [1.807, 2.05) is 0 Å². The highest BCUT2D eigenvalue weighted by Crippen LogP contribution is 2.18. The van der Waals surface area contributed by atoms with Crippen LogP contribution < -0.4 is 15.7 Å². The van der Waals surface area contributed by atoms with Crippen LogP contribution in [0.5, 0.6) is 0 Å². The molecule has 6 nitrogen and oxygen atoms in total. The third-order valence-corrected chi connectivity index (χ3v) is 3.82. The van der Waals surface area contributed by atoms with Crippen molar-refractivity contribution in [3.05, 3.63) is 49.2 Å². The quantitative estimate of drug-likeness (QED) is 0.803. The first kappa shape index (κ1) is 18.8. The SMILES string of the molecule is O=C(Nc1cc(F)c(=O)n(CCF)c1)c1cn(CC(F)(F)F)c(=O)s1. The van der Waals surface area contributed by atoms with Crippen molar-refractivity contribution in [2.24, 2.45) is 0 Å². The van der Waals surface area contributed by atoms with Crippen LogP contribution in [0.15, 0.2) is 28.0 Å². The van der Waals surface area contributed by atoms with Crippen LogP contribution in [0, 0.1) is 5.82 Å². The van der Waals surface area contributed by atoms with E-state index in [9.17, 15) is 36.3 Å². The number of pyridine rings is 1. The zero-order chi connectivity index (χ0) is 18.8. The van der Waals surface area contributed by atoms with Gasteiger partial charge in [0.05, 0.1) is 12.2 Å². The van der Waals surface area contributed by atoms with Gasteiger partial charge in [-0.1, -0.05) is 11.3 Å². The van der Waals surface area contributed by atoms with Gasteiger partial charge < -0.3 is 9.88 Å². The standard InChI is InChI=1S/C13H10F5N3O3S/c14-1-2-20-4-7(3-8(15)11(20)23)19-10(22)9-5-21(12(24)25-9)6-13(16,17)18/h3-5H,1-2,6H2,(H,19,22). The summed E-state index contributed by atoms with van der Waals surface area (Å²) >= 11 is 0.277. The topological polar surface area (TPSA) is 73.1 Å². The highest BCUT2D eigenvalue weighted by molar-refractivity contribution is 7.11. The Hall–Kier alpha value is -2.50. The third-order valence-electron chi connectivity index (χ3n) is 2.90. The monoisotopic (exact) mass is 383 g/mol. The molecule has 0 bridgehead atoms. The molecule has 1 N–H and O–H groups in total. The molecule has 0 radical (unpaired) electrons. The maximum absolute atomic E-state index is 13.5. The summed E-state index contributed by atoms with van der Waals surface area (Å²) in [5, 5.41) is 2.14. The van der Waals surface area contributed by atoms with Crippen LogP contribution in [0.4, 0.5) is 27.6 Å². The zero-order valence-corrected chi connectivity index (χ0v) is 13.1. The summed E-state index contributed by atoms with van der Waals surface area (Å²) in [4.78, 5) is 33.5. The van der Waals surface area contributed by atoms with Crippen LogP contribution in [-0.4, -0.2) is 27.9 Å². The number of alkyl halides is 4. The third kappa shape index (κ3) is 4.75. The molecule has 0 unspecified atom stereocenters. The number of rotatable bonds is 5. The van der Waals surface area contributed by atoms with Crippen molar-refractivity contribution in [3.8, 4) is 0 Å². The Labute approximate surface area is 140 Å². The van der Waals surface area contributed by atoms with E-state index in [1.165, 1.54) is 0 Å². The van der Waals surface area contributed by atoms with Gasteiger partial charge in [0.1, 0.15) is 18.1 Å². The molecule has 0 saturated heterocycles. The van der Waals surface area contributed by atoms with E-state index in [0.29, 0.717) is 15.2 Å². The van der Waals surface area contributed by atoms with Gasteiger partial charge in [-0.3, -0.25) is 19.0 Å². The molecule has 2 heterocycles. The van der Waals surface area contributed by atoms with Crippen molar-refractivity contribution in [1.82, 2.24) is 9.13 Å². The summed E-state index contributed by atoms with van der Waals surface area (Å²) in [6, 6.07) is 0.685. The average Bonchev–Trinajstić information content (AvgIpc) is 2.84. The van der Waals surface area contributed by atoms with Crippen molar-refractivity contribution in [2.75, 3.05) is 12.0 Å². The molecule has 1 amide bonds. The van der Waals surface area contributed by atoms with Gasteiger partial charge in [-0.25, -0.2) is 8.78 Å². The molecule has 0 fully saturated rings. The van der Waals surface area contributed by atoms with Crippen molar-refractivity contribution in [1.29, 1.82) is 0 Å². The van der Waals surface area contributed by atoms with Gasteiger partial charge in [-0.15, -0.1) is 0 Å². The number of aromatic nitrogens is 2. The molecular formula is C13H10F5N3O3S. The predicted octanol–water partition coefficient (Wildman–Crippen LogP) is 1.99. The Morgan fingerprint density at radius 3 is 2.48 bits per heavy atom. The van der Waals surface area contributed by atoms with Crippen molar-refractivity contribution in [3.63, 3.8) is 0 Å². The van der Waals surface area contributed by atoms with Crippen LogP contribution in [0.25, 0.3) is 0 Å². The largest absolute Gasteiger partial charge is 0.406 e. The molecule has 2 rings (SSSR count). The molecule has 136 valence electrons. The number of anilines is 1. The molecule has 0 aliphatic rings. The highest BCUT2D eigenvalue weighted by Gasteiger charge is 2.29. The molecule has 0 aliphatic carbocycles. The maximum atomic E-state index is 13.5. The number of nitrogens with one attached hydrogen (secondary N) is 1. The first-order valence-electron chi connectivity index (χ1n) is 6.65. The number of halogens is 5. The molecule has 0 atom stereocenters. The van der Waals surface area contributed by atoms with Gasteiger partial charge in [0.15, 0.2) is 5.82 Å². The highest BCUT2D eigenvalue weighted by atomic mass is 32.1.